The quantitative estimate of drug-likeness (QED) is 0.234. The molecule has 0 bridgehead atoms. The zero-order valence-corrected chi connectivity index (χ0v) is 22.7. The Hall–Kier alpha value is -4.68. The van der Waals surface area contributed by atoms with E-state index in [1.165, 1.54) is 16.7 Å². The number of pyridine rings is 1. The summed E-state index contributed by atoms with van der Waals surface area (Å²) < 4.78 is 6.64. The third kappa shape index (κ3) is 4.19. The van der Waals surface area contributed by atoms with Gasteiger partial charge < -0.3 is 4.42 Å². The molecule has 6 aromatic rings. The van der Waals surface area contributed by atoms with Gasteiger partial charge in [0.25, 0.3) is 0 Å². The van der Waals surface area contributed by atoms with Crippen molar-refractivity contribution in [3.05, 3.63) is 114 Å². The largest absolute Gasteiger partial charge is 0.455 e. The number of rotatable bonds is 5. The van der Waals surface area contributed by atoms with Gasteiger partial charge >= 0.3 is 0 Å². The molecule has 0 N–H and O–H groups in total. The number of hydrogen-bond donors (Lipinski definition) is 0. The van der Waals surface area contributed by atoms with Crippen LogP contribution in [0.5, 0.6) is 0 Å². The molecule has 3 heteroatoms. The smallest absolute Gasteiger partial charge is 0.144 e. The second-order valence-electron chi connectivity index (χ2n) is 10.7. The van der Waals surface area contributed by atoms with Crippen molar-refractivity contribution >= 4 is 21.9 Å². The van der Waals surface area contributed by atoms with Crippen LogP contribution in [0.2, 0.25) is 0 Å². The summed E-state index contributed by atoms with van der Waals surface area (Å²) in [5.74, 6) is 0.805. The van der Waals surface area contributed by atoms with E-state index in [0.717, 1.165) is 49.9 Å². The Morgan fingerprint density at radius 2 is 1.36 bits per heavy atom. The summed E-state index contributed by atoms with van der Waals surface area (Å²) in [6.07, 6.45) is 1.90. The van der Waals surface area contributed by atoms with Gasteiger partial charge in [-0.05, 0) is 70.0 Å². The fraction of sp³-hybridized carbons (Fsp3) is 0.167. The van der Waals surface area contributed by atoms with Gasteiger partial charge in [0.15, 0.2) is 0 Å². The lowest BCUT2D eigenvalue weighted by Crippen LogP contribution is -2.00. The molecule has 0 radical (unpaired) electrons. The summed E-state index contributed by atoms with van der Waals surface area (Å²) in [5, 5.41) is 11.9. The Morgan fingerprint density at radius 3 is 2.05 bits per heavy atom. The molecule has 0 atom stereocenters. The predicted octanol–water partition coefficient (Wildman–Crippen LogP) is 10.1. The molecule has 190 valence electrons. The van der Waals surface area contributed by atoms with Crippen LogP contribution < -0.4 is 0 Å². The topological polar surface area (TPSA) is 49.8 Å². The standard InChI is InChI=1S/C36H30N2O/c1-22(2)27-12-8-13-28(23(3)4)34(27)25-18-19-38-32(20-25)31-15-9-14-29-30-17-16-26(21-37)33(36(30)39-35(29)31)24-10-6-5-7-11-24/h5-20,22-23H,1-4H3. The maximum absolute atomic E-state index is 9.91. The van der Waals surface area contributed by atoms with E-state index >= 15 is 0 Å². The van der Waals surface area contributed by atoms with Crippen LogP contribution in [-0.4, -0.2) is 4.98 Å². The van der Waals surface area contributed by atoms with Gasteiger partial charge in [-0.25, -0.2) is 0 Å². The molecule has 0 amide bonds. The molecule has 0 spiro atoms. The van der Waals surface area contributed by atoms with Crippen LogP contribution in [0.25, 0.3) is 55.4 Å². The van der Waals surface area contributed by atoms with Crippen molar-refractivity contribution in [2.75, 3.05) is 0 Å². The predicted molar refractivity (Wildman–Crippen MR) is 161 cm³/mol. The van der Waals surface area contributed by atoms with Gasteiger partial charge in [-0.1, -0.05) is 88.4 Å². The summed E-state index contributed by atoms with van der Waals surface area (Å²) >= 11 is 0. The maximum atomic E-state index is 9.91. The Labute approximate surface area is 229 Å². The highest BCUT2D eigenvalue weighted by molar-refractivity contribution is 6.13. The first kappa shape index (κ1) is 24.6. The van der Waals surface area contributed by atoms with Crippen molar-refractivity contribution in [3.8, 4) is 39.6 Å². The number of fused-ring (bicyclic) bond motifs is 3. The van der Waals surface area contributed by atoms with Gasteiger partial charge in [0, 0.05) is 28.1 Å². The molecule has 3 nitrogen and oxygen atoms in total. The van der Waals surface area contributed by atoms with Crippen LogP contribution in [0.4, 0.5) is 0 Å². The van der Waals surface area contributed by atoms with Gasteiger partial charge in [0.05, 0.1) is 17.3 Å². The Morgan fingerprint density at radius 1 is 0.667 bits per heavy atom. The molecule has 0 aliphatic carbocycles. The fourth-order valence-corrected chi connectivity index (χ4v) is 5.67. The minimum atomic E-state index is 0.403. The average Bonchev–Trinajstić information content (AvgIpc) is 3.35. The second kappa shape index (κ2) is 9.89. The summed E-state index contributed by atoms with van der Waals surface area (Å²) in [7, 11) is 0. The van der Waals surface area contributed by atoms with E-state index in [1.54, 1.807) is 0 Å². The van der Waals surface area contributed by atoms with E-state index in [9.17, 15) is 5.26 Å². The fourth-order valence-electron chi connectivity index (χ4n) is 5.67. The van der Waals surface area contributed by atoms with Crippen LogP contribution in [0.15, 0.2) is 102 Å². The second-order valence-corrected chi connectivity index (χ2v) is 10.7. The maximum Gasteiger partial charge on any atom is 0.144 e. The van der Waals surface area contributed by atoms with Crippen LogP contribution in [0, 0.1) is 11.3 Å². The highest BCUT2D eigenvalue weighted by Crippen LogP contribution is 2.42. The molecule has 0 saturated carbocycles. The van der Waals surface area contributed by atoms with Gasteiger partial charge in [-0.3, -0.25) is 4.98 Å². The van der Waals surface area contributed by atoms with E-state index < -0.39 is 0 Å². The summed E-state index contributed by atoms with van der Waals surface area (Å²) in [6.45, 7) is 9.00. The molecule has 0 unspecified atom stereocenters. The number of hydrogen-bond acceptors (Lipinski definition) is 3. The molecule has 6 rings (SSSR count). The van der Waals surface area contributed by atoms with E-state index in [4.69, 9.17) is 9.40 Å². The number of para-hydroxylation sites is 1. The number of benzene rings is 4. The first-order valence-electron chi connectivity index (χ1n) is 13.5. The number of nitrogens with zero attached hydrogens (tertiary/aromatic N) is 2. The van der Waals surface area contributed by atoms with Crippen molar-refractivity contribution in [1.29, 1.82) is 5.26 Å². The highest BCUT2D eigenvalue weighted by Gasteiger charge is 2.20. The van der Waals surface area contributed by atoms with Crippen LogP contribution in [0.3, 0.4) is 0 Å². The van der Waals surface area contributed by atoms with Gasteiger partial charge in [-0.15, -0.1) is 0 Å². The third-order valence-electron chi connectivity index (χ3n) is 7.55. The van der Waals surface area contributed by atoms with Crippen molar-refractivity contribution in [2.24, 2.45) is 0 Å². The molecule has 0 aliphatic rings. The first-order chi connectivity index (χ1) is 19.0. The van der Waals surface area contributed by atoms with E-state index in [0.29, 0.717) is 17.4 Å². The van der Waals surface area contributed by atoms with Gasteiger partial charge in [0.1, 0.15) is 11.2 Å². The highest BCUT2D eigenvalue weighted by atomic mass is 16.3. The molecular formula is C36H30N2O. The number of aromatic nitrogens is 1. The first-order valence-corrected chi connectivity index (χ1v) is 13.5. The lowest BCUT2D eigenvalue weighted by atomic mass is 9.85. The molecule has 2 aromatic heterocycles. The number of furan rings is 1. The molecule has 0 aliphatic heterocycles. The molecule has 0 saturated heterocycles. The number of nitriles is 1. The van der Waals surface area contributed by atoms with Crippen molar-refractivity contribution < 1.29 is 4.42 Å². The normalized spacial score (nSPS) is 11.5. The van der Waals surface area contributed by atoms with Crippen molar-refractivity contribution in [2.45, 2.75) is 39.5 Å². The van der Waals surface area contributed by atoms with Crippen molar-refractivity contribution in [3.63, 3.8) is 0 Å². The monoisotopic (exact) mass is 506 g/mol. The Balaban J connectivity index is 1.59. The van der Waals surface area contributed by atoms with Crippen LogP contribution in [0.1, 0.15) is 56.2 Å². The lowest BCUT2D eigenvalue weighted by molar-refractivity contribution is 0.670. The molecule has 39 heavy (non-hydrogen) atoms. The van der Waals surface area contributed by atoms with Crippen molar-refractivity contribution in [1.82, 2.24) is 4.98 Å². The summed E-state index contributed by atoms with van der Waals surface area (Å²) in [5.41, 5.74) is 10.9. The minimum absolute atomic E-state index is 0.403. The Kier molecular flexibility index (Phi) is 6.25. The van der Waals surface area contributed by atoms with E-state index in [1.807, 2.05) is 48.7 Å². The zero-order chi connectivity index (χ0) is 27.1. The zero-order valence-electron chi connectivity index (χ0n) is 22.7. The molecule has 2 heterocycles. The summed E-state index contributed by atoms with van der Waals surface area (Å²) in [6, 6.07) is 33.4. The van der Waals surface area contributed by atoms with Gasteiger partial charge in [0.2, 0.25) is 0 Å². The van der Waals surface area contributed by atoms with Gasteiger partial charge in [-0.2, -0.15) is 5.26 Å². The molecule has 0 fully saturated rings. The van der Waals surface area contributed by atoms with E-state index in [-0.39, 0.29) is 0 Å². The lowest BCUT2D eigenvalue weighted by Gasteiger charge is -2.20. The van der Waals surface area contributed by atoms with Crippen LogP contribution in [-0.2, 0) is 0 Å². The SMILES string of the molecule is CC(C)c1cccc(C(C)C)c1-c1ccnc(-c2cccc3c2oc2c(-c4ccccc4)c(C#N)ccc23)c1. The third-order valence-corrected chi connectivity index (χ3v) is 7.55. The Bertz CT molecular complexity index is 1840. The average molecular weight is 507 g/mol. The van der Waals surface area contributed by atoms with E-state index in [2.05, 4.69) is 82.3 Å². The molecule has 4 aromatic carbocycles. The van der Waals surface area contributed by atoms with Crippen LogP contribution >= 0.6 is 0 Å². The molecular weight excluding hydrogens is 476 g/mol. The minimum Gasteiger partial charge on any atom is -0.455 e. The summed E-state index contributed by atoms with van der Waals surface area (Å²) in [4.78, 5) is 4.81.